The van der Waals surface area contributed by atoms with Gasteiger partial charge in [0.05, 0.1) is 17.9 Å². The average molecular weight is 240 g/mol. The van der Waals surface area contributed by atoms with E-state index in [9.17, 15) is 4.79 Å². The van der Waals surface area contributed by atoms with E-state index in [2.05, 4.69) is 5.10 Å². The van der Waals surface area contributed by atoms with E-state index in [0.717, 1.165) is 11.3 Å². The number of benzene rings is 1. The number of carbonyl (C=O) groups is 1. The molecule has 0 saturated carbocycles. The molecule has 1 aromatic heterocycles. The minimum Gasteiger partial charge on any atom is -0.462 e. The van der Waals surface area contributed by atoms with Crippen LogP contribution in [0.5, 0.6) is 0 Å². The topological polar surface area (TPSA) is 44.1 Å². The molecule has 2 rings (SSSR count). The SMILES string of the molecule is [B]c1cnn(-c2cc(C(=O)OCC)ccc2C)c1. The second kappa shape index (κ2) is 5.08. The van der Waals surface area contributed by atoms with Crippen molar-refractivity contribution in [3.8, 4) is 5.69 Å². The molecule has 0 N–H and O–H groups in total. The Morgan fingerprint density at radius 2 is 2.28 bits per heavy atom. The summed E-state index contributed by atoms with van der Waals surface area (Å²) in [5.74, 6) is -0.334. The molecule has 0 aliphatic carbocycles. The van der Waals surface area contributed by atoms with Gasteiger partial charge in [-0.25, -0.2) is 9.48 Å². The number of carbonyl (C=O) groups excluding carboxylic acids is 1. The van der Waals surface area contributed by atoms with E-state index in [0.29, 0.717) is 17.6 Å². The van der Waals surface area contributed by atoms with Gasteiger partial charge >= 0.3 is 5.97 Å². The highest BCUT2D eigenvalue weighted by Crippen LogP contribution is 2.15. The zero-order valence-corrected chi connectivity index (χ0v) is 10.4. The first-order valence-electron chi connectivity index (χ1n) is 5.70. The largest absolute Gasteiger partial charge is 0.462 e. The molecular weight excluding hydrogens is 227 g/mol. The summed E-state index contributed by atoms with van der Waals surface area (Å²) in [7, 11) is 5.64. The molecule has 0 bridgehead atoms. The Hall–Kier alpha value is -2.04. The van der Waals surface area contributed by atoms with Crippen molar-refractivity contribution >= 4 is 19.3 Å². The van der Waals surface area contributed by atoms with Gasteiger partial charge < -0.3 is 4.74 Å². The monoisotopic (exact) mass is 240 g/mol. The molecule has 1 heterocycles. The first kappa shape index (κ1) is 12.4. The summed E-state index contributed by atoms with van der Waals surface area (Å²) >= 11 is 0. The van der Waals surface area contributed by atoms with E-state index in [-0.39, 0.29) is 5.97 Å². The van der Waals surface area contributed by atoms with Crippen molar-refractivity contribution < 1.29 is 9.53 Å². The van der Waals surface area contributed by atoms with E-state index >= 15 is 0 Å². The zero-order valence-electron chi connectivity index (χ0n) is 10.4. The Kier molecular flexibility index (Phi) is 3.51. The van der Waals surface area contributed by atoms with Crippen LogP contribution < -0.4 is 5.46 Å². The fourth-order valence-electron chi connectivity index (χ4n) is 1.67. The van der Waals surface area contributed by atoms with E-state index < -0.39 is 0 Å². The fraction of sp³-hybridized carbons (Fsp3) is 0.231. The maximum atomic E-state index is 11.7. The average Bonchev–Trinajstić information content (AvgIpc) is 2.76. The van der Waals surface area contributed by atoms with Crippen molar-refractivity contribution in [2.24, 2.45) is 0 Å². The lowest BCUT2D eigenvalue weighted by molar-refractivity contribution is 0.0526. The second-order valence-electron chi connectivity index (χ2n) is 3.94. The highest BCUT2D eigenvalue weighted by Gasteiger charge is 2.10. The third-order valence-corrected chi connectivity index (χ3v) is 2.57. The summed E-state index contributed by atoms with van der Waals surface area (Å²) in [4.78, 5) is 11.7. The number of nitrogens with zero attached hydrogens (tertiary/aromatic N) is 2. The molecule has 18 heavy (non-hydrogen) atoms. The minimum absolute atomic E-state index is 0.334. The van der Waals surface area contributed by atoms with Crippen molar-refractivity contribution in [2.45, 2.75) is 13.8 Å². The molecule has 0 aliphatic rings. The summed E-state index contributed by atoms with van der Waals surface area (Å²) in [5, 5.41) is 4.13. The Morgan fingerprint density at radius 1 is 1.50 bits per heavy atom. The lowest BCUT2D eigenvalue weighted by Gasteiger charge is -2.08. The third-order valence-electron chi connectivity index (χ3n) is 2.57. The van der Waals surface area contributed by atoms with Crippen LogP contribution in [0.1, 0.15) is 22.8 Å². The molecule has 0 fully saturated rings. The van der Waals surface area contributed by atoms with Gasteiger partial charge in [-0.1, -0.05) is 11.5 Å². The van der Waals surface area contributed by atoms with Crippen molar-refractivity contribution in [1.29, 1.82) is 0 Å². The van der Waals surface area contributed by atoms with Gasteiger partial charge in [-0.15, -0.1) is 0 Å². The minimum atomic E-state index is -0.334. The lowest BCUT2D eigenvalue weighted by atomic mass is 10.0. The molecule has 0 atom stereocenters. The third kappa shape index (κ3) is 2.45. The molecule has 1 aromatic carbocycles. The van der Waals surface area contributed by atoms with Crippen LogP contribution in [-0.4, -0.2) is 30.2 Å². The van der Waals surface area contributed by atoms with E-state index in [1.165, 1.54) is 0 Å². The number of esters is 1. The predicted octanol–water partition coefficient (Wildman–Crippen LogP) is 1.15. The number of hydrogen-bond donors (Lipinski definition) is 0. The van der Waals surface area contributed by atoms with Gasteiger partial charge in [0.25, 0.3) is 0 Å². The highest BCUT2D eigenvalue weighted by molar-refractivity contribution is 6.31. The van der Waals surface area contributed by atoms with Gasteiger partial charge in [0, 0.05) is 12.4 Å². The van der Waals surface area contributed by atoms with Crippen molar-refractivity contribution in [3.05, 3.63) is 41.7 Å². The molecule has 2 radical (unpaired) electrons. The molecule has 90 valence electrons. The molecular formula is C13H13BN2O2. The van der Waals surface area contributed by atoms with Crippen LogP contribution in [0.3, 0.4) is 0 Å². The molecule has 0 amide bonds. The standard InChI is InChI=1S/C13H13BN2O2/c1-3-18-13(17)10-5-4-9(2)12(6-10)16-8-11(14)7-15-16/h4-8H,3H2,1-2H3. The summed E-state index contributed by atoms with van der Waals surface area (Å²) in [6.07, 6.45) is 3.27. The summed E-state index contributed by atoms with van der Waals surface area (Å²) < 4.78 is 6.62. The second-order valence-corrected chi connectivity index (χ2v) is 3.94. The molecule has 0 spiro atoms. The smallest absolute Gasteiger partial charge is 0.338 e. The normalized spacial score (nSPS) is 10.3. The van der Waals surface area contributed by atoms with Crippen molar-refractivity contribution in [2.75, 3.05) is 6.61 Å². The van der Waals surface area contributed by atoms with Crippen LogP contribution in [0, 0.1) is 6.92 Å². The Labute approximate surface area is 107 Å². The number of rotatable bonds is 3. The van der Waals surface area contributed by atoms with Crippen LogP contribution in [0.4, 0.5) is 0 Å². The fourth-order valence-corrected chi connectivity index (χ4v) is 1.67. The first-order valence-corrected chi connectivity index (χ1v) is 5.70. The Morgan fingerprint density at radius 3 is 2.89 bits per heavy atom. The summed E-state index contributed by atoms with van der Waals surface area (Å²) in [5.41, 5.74) is 2.91. The summed E-state index contributed by atoms with van der Waals surface area (Å²) in [6.45, 7) is 4.08. The molecule has 5 heteroatoms. The van der Waals surface area contributed by atoms with Gasteiger partial charge in [0.2, 0.25) is 0 Å². The number of aromatic nitrogens is 2. The van der Waals surface area contributed by atoms with Crippen LogP contribution in [0.2, 0.25) is 0 Å². The van der Waals surface area contributed by atoms with Crippen LogP contribution in [0.15, 0.2) is 30.6 Å². The van der Waals surface area contributed by atoms with Crippen molar-refractivity contribution in [1.82, 2.24) is 9.78 Å². The Bertz CT molecular complexity index is 578. The molecule has 0 aliphatic heterocycles. The first-order chi connectivity index (χ1) is 8.61. The van der Waals surface area contributed by atoms with Crippen molar-refractivity contribution in [3.63, 3.8) is 0 Å². The van der Waals surface area contributed by atoms with Gasteiger partial charge in [0.1, 0.15) is 7.85 Å². The molecule has 0 unspecified atom stereocenters. The maximum Gasteiger partial charge on any atom is 0.338 e. The van der Waals surface area contributed by atoms with Crippen LogP contribution >= 0.6 is 0 Å². The number of hydrogen-bond acceptors (Lipinski definition) is 3. The molecule has 2 aromatic rings. The quantitative estimate of drug-likeness (QED) is 0.597. The van der Waals surface area contributed by atoms with E-state index in [1.54, 1.807) is 36.1 Å². The number of aryl methyl sites for hydroxylation is 1. The number of ether oxygens (including phenoxy) is 1. The van der Waals surface area contributed by atoms with Gasteiger partial charge in [-0.3, -0.25) is 0 Å². The molecule has 4 nitrogen and oxygen atoms in total. The highest BCUT2D eigenvalue weighted by atomic mass is 16.5. The van der Waals surface area contributed by atoms with E-state index in [4.69, 9.17) is 12.6 Å². The van der Waals surface area contributed by atoms with Gasteiger partial charge in [-0.2, -0.15) is 5.10 Å². The Balaban J connectivity index is 2.41. The summed E-state index contributed by atoms with van der Waals surface area (Å²) in [6, 6.07) is 5.35. The lowest BCUT2D eigenvalue weighted by Crippen LogP contribution is -2.07. The molecule has 0 saturated heterocycles. The zero-order chi connectivity index (χ0) is 13.1. The maximum absolute atomic E-state index is 11.7. The van der Waals surface area contributed by atoms with Crippen LogP contribution in [0.25, 0.3) is 5.69 Å². The van der Waals surface area contributed by atoms with Crippen LogP contribution in [-0.2, 0) is 4.74 Å². The van der Waals surface area contributed by atoms with Gasteiger partial charge in [0.15, 0.2) is 0 Å². The predicted molar refractivity (Wildman–Crippen MR) is 69.6 cm³/mol. The van der Waals surface area contributed by atoms with E-state index in [1.807, 2.05) is 13.0 Å². The van der Waals surface area contributed by atoms with Gasteiger partial charge in [-0.05, 0) is 31.5 Å².